The molecule has 11 heteroatoms. The van der Waals surface area contributed by atoms with Gasteiger partial charge in [-0.3, -0.25) is 14.9 Å². The van der Waals surface area contributed by atoms with Crippen LogP contribution in [0, 0.1) is 5.41 Å². The lowest BCUT2D eigenvalue weighted by Crippen LogP contribution is -2.61. The summed E-state index contributed by atoms with van der Waals surface area (Å²) in [7, 11) is 0. The number of aromatic nitrogens is 1. The molecule has 2 aliphatic carbocycles. The molecule has 1 aromatic rings. The number of amides is 2. The van der Waals surface area contributed by atoms with Crippen LogP contribution in [-0.2, 0) is 22.6 Å². The van der Waals surface area contributed by atoms with E-state index in [1.807, 2.05) is 6.92 Å². The fourth-order valence-corrected chi connectivity index (χ4v) is 7.10. The van der Waals surface area contributed by atoms with Crippen LogP contribution in [0.3, 0.4) is 0 Å². The van der Waals surface area contributed by atoms with Gasteiger partial charge in [-0.05, 0) is 57.9 Å². The highest BCUT2D eigenvalue weighted by Gasteiger charge is 2.57. The number of pyridine rings is 1. The summed E-state index contributed by atoms with van der Waals surface area (Å²) in [5, 5.41) is 13.6. The van der Waals surface area contributed by atoms with Gasteiger partial charge in [0.15, 0.2) is 0 Å². The Morgan fingerprint density at radius 2 is 2.03 bits per heavy atom. The predicted octanol–water partition coefficient (Wildman–Crippen LogP) is 1.35. The second-order valence-electron chi connectivity index (χ2n) is 11.2. The van der Waals surface area contributed by atoms with Gasteiger partial charge in [0.2, 0.25) is 5.88 Å². The molecule has 1 atom stereocenters. The average Bonchev–Trinajstić information content (AvgIpc) is 3.08. The maximum atomic E-state index is 12.0. The number of thioether (sulfide) groups is 1. The molecule has 2 saturated carbocycles. The van der Waals surface area contributed by atoms with Gasteiger partial charge in [0.1, 0.15) is 17.2 Å². The van der Waals surface area contributed by atoms with E-state index in [1.165, 1.54) is 11.8 Å². The number of fused-ring (bicyclic) bond motifs is 1. The Morgan fingerprint density at radius 1 is 1.31 bits per heavy atom. The first-order valence-corrected chi connectivity index (χ1v) is 13.3. The first-order chi connectivity index (χ1) is 16.9. The van der Waals surface area contributed by atoms with Crippen molar-refractivity contribution in [2.24, 2.45) is 16.9 Å². The van der Waals surface area contributed by atoms with Gasteiger partial charge in [0, 0.05) is 30.3 Å². The minimum absolute atomic E-state index is 0.00989. The van der Waals surface area contributed by atoms with Crippen molar-refractivity contribution in [3.63, 3.8) is 0 Å². The van der Waals surface area contributed by atoms with Crippen LogP contribution < -0.4 is 21.5 Å². The number of nitrogens with one attached hydrogen (secondary N) is 1. The van der Waals surface area contributed by atoms with Gasteiger partial charge in [0.05, 0.1) is 29.4 Å². The van der Waals surface area contributed by atoms with Crippen molar-refractivity contribution >= 4 is 23.6 Å². The van der Waals surface area contributed by atoms with Gasteiger partial charge in [-0.1, -0.05) is 11.8 Å². The Morgan fingerprint density at radius 3 is 2.67 bits per heavy atom. The highest BCUT2D eigenvalue weighted by molar-refractivity contribution is 8.04. The Kier molecular flexibility index (Phi) is 6.47. The molecule has 0 bridgehead atoms. The molecule has 36 heavy (non-hydrogen) atoms. The van der Waals surface area contributed by atoms with Crippen LogP contribution in [0.2, 0.25) is 0 Å². The fraction of sp³-hybridized carbons (Fsp3) is 0.640. The predicted molar refractivity (Wildman–Crippen MR) is 135 cm³/mol. The molecule has 5 rings (SSSR count). The van der Waals surface area contributed by atoms with E-state index in [1.54, 1.807) is 19.9 Å². The molecular weight excluding hydrogens is 482 g/mol. The topological polar surface area (TPSA) is 153 Å². The summed E-state index contributed by atoms with van der Waals surface area (Å²) < 4.78 is 11.7. The molecule has 2 amide bonds. The molecule has 2 aliphatic heterocycles. The van der Waals surface area contributed by atoms with Gasteiger partial charge in [-0.15, -0.1) is 0 Å². The largest absolute Gasteiger partial charge is 0.474 e. The van der Waals surface area contributed by atoms with E-state index in [0.29, 0.717) is 42.5 Å². The van der Waals surface area contributed by atoms with E-state index in [0.717, 1.165) is 42.6 Å². The summed E-state index contributed by atoms with van der Waals surface area (Å²) in [4.78, 5) is 31.4. The second-order valence-corrected chi connectivity index (χ2v) is 12.3. The molecule has 1 unspecified atom stereocenters. The number of aliphatic hydroxyl groups is 1. The lowest BCUT2D eigenvalue weighted by molar-refractivity contribution is -0.114. The zero-order valence-electron chi connectivity index (χ0n) is 21.0. The van der Waals surface area contributed by atoms with Crippen molar-refractivity contribution in [3.8, 4) is 5.88 Å². The molecular formula is C25H35N5O5S. The maximum Gasteiger partial charge on any atom is 0.257 e. The highest BCUT2D eigenvalue weighted by atomic mass is 32.2. The number of hydrogen-bond donors (Lipinski definition) is 4. The molecule has 10 nitrogen and oxygen atoms in total. The number of allylic oxidation sites excluding steroid dienone is 1. The number of carbonyl (C=O) groups is 2. The monoisotopic (exact) mass is 517 g/mol. The quantitative estimate of drug-likeness (QED) is 0.400. The number of rotatable bonds is 8. The first kappa shape index (κ1) is 25.3. The minimum atomic E-state index is -0.865. The molecule has 0 aromatic carbocycles. The Labute approximate surface area is 215 Å². The van der Waals surface area contributed by atoms with Crippen molar-refractivity contribution in [2.45, 2.75) is 82.7 Å². The van der Waals surface area contributed by atoms with Crippen molar-refractivity contribution in [2.75, 3.05) is 13.2 Å². The third-order valence-electron chi connectivity index (χ3n) is 7.62. The van der Waals surface area contributed by atoms with Crippen LogP contribution in [-0.4, -0.2) is 63.2 Å². The van der Waals surface area contributed by atoms with Crippen molar-refractivity contribution in [1.82, 2.24) is 15.2 Å². The molecule has 1 spiro atoms. The van der Waals surface area contributed by atoms with Gasteiger partial charge in [0.25, 0.3) is 11.8 Å². The van der Waals surface area contributed by atoms with Crippen LogP contribution in [0.1, 0.15) is 68.1 Å². The number of nitrogens with zero attached hydrogens (tertiary/aromatic N) is 2. The zero-order chi connectivity index (χ0) is 25.8. The number of carbonyl (C=O) groups excluding carboxylic acids is 2. The zero-order valence-corrected chi connectivity index (χ0v) is 21.8. The lowest BCUT2D eigenvalue weighted by Gasteiger charge is -2.60. The molecule has 0 radical (unpaired) electrons. The molecule has 196 valence electrons. The molecule has 0 saturated heterocycles. The van der Waals surface area contributed by atoms with Crippen LogP contribution in [0.25, 0.3) is 0 Å². The highest BCUT2D eigenvalue weighted by Crippen LogP contribution is 2.60. The van der Waals surface area contributed by atoms with Crippen molar-refractivity contribution in [3.05, 3.63) is 33.5 Å². The van der Waals surface area contributed by atoms with E-state index in [9.17, 15) is 14.7 Å². The summed E-state index contributed by atoms with van der Waals surface area (Å²) in [6.45, 7) is 6.88. The SMILES string of the molecule is CC1=C(C(N)=O)SC(NCC(C)(C)O)N1C1CC2(CC(Oc3nc4c(cc3C(N)=O)COCC4)C2)C1. The first-order valence-electron chi connectivity index (χ1n) is 12.4. The maximum absolute atomic E-state index is 12.0. The van der Waals surface area contributed by atoms with Crippen LogP contribution in [0.15, 0.2) is 16.7 Å². The number of nitrogens with two attached hydrogens (primary N) is 2. The molecule has 1 aromatic heterocycles. The van der Waals surface area contributed by atoms with E-state index in [2.05, 4.69) is 15.2 Å². The molecule has 6 N–H and O–H groups in total. The van der Waals surface area contributed by atoms with Gasteiger partial charge in [-0.2, -0.15) is 0 Å². The third kappa shape index (κ3) is 4.81. The van der Waals surface area contributed by atoms with Crippen molar-refractivity contribution in [1.29, 1.82) is 0 Å². The van der Waals surface area contributed by atoms with Crippen molar-refractivity contribution < 1.29 is 24.2 Å². The Balaban J connectivity index is 1.22. The smallest absolute Gasteiger partial charge is 0.257 e. The summed E-state index contributed by atoms with van der Waals surface area (Å²) in [5.74, 6) is -0.640. The molecule has 4 aliphatic rings. The standard InChI is InChI=1S/C25H35N5O5S/c1-13-19(21(27)32)36-23(28-12-24(2,3)33)30(13)15-7-25(8-15)9-16(10-25)35-22-17(20(26)31)6-14-11-34-5-4-18(14)29-22/h6,15-16,23,28,33H,4-5,7-12H2,1-3H3,(H2,26,31)(H2,27,32). The van der Waals surface area contributed by atoms with Gasteiger partial charge >= 0.3 is 0 Å². The third-order valence-corrected chi connectivity index (χ3v) is 8.97. The van der Waals surface area contributed by atoms with Gasteiger partial charge < -0.3 is 30.9 Å². The summed E-state index contributed by atoms with van der Waals surface area (Å²) >= 11 is 1.42. The van der Waals surface area contributed by atoms with Crippen LogP contribution in [0.5, 0.6) is 5.88 Å². The molecule has 2 fully saturated rings. The van der Waals surface area contributed by atoms with E-state index in [4.69, 9.17) is 20.9 Å². The molecule has 3 heterocycles. The Hall–Kier alpha value is -2.34. The number of ether oxygens (including phenoxy) is 2. The minimum Gasteiger partial charge on any atom is -0.474 e. The van der Waals surface area contributed by atoms with E-state index >= 15 is 0 Å². The normalized spacial score (nSPS) is 29.6. The lowest BCUT2D eigenvalue weighted by atomic mass is 9.52. The summed E-state index contributed by atoms with van der Waals surface area (Å²) in [6.07, 6.45) is 4.42. The van der Waals surface area contributed by atoms with Crippen LogP contribution >= 0.6 is 11.8 Å². The van der Waals surface area contributed by atoms with E-state index < -0.39 is 17.4 Å². The average molecular weight is 518 g/mol. The van der Waals surface area contributed by atoms with Gasteiger partial charge in [-0.25, -0.2) is 4.98 Å². The number of hydrogen-bond acceptors (Lipinski definition) is 9. The Bertz CT molecular complexity index is 1100. The fourth-order valence-electron chi connectivity index (χ4n) is 5.88. The summed E-state index contributed by atoms with van der Waals surface area (Å²) in [5.41, 5.74) is 13.4. The number of primary amides is 2. The van der Waals surface area contributed by atoms with E-state index in [-0.39, 0.29) is 23.1 Å². The summed E-state index contributed by atoms with van der Waals surface area (Å²) in [6, 6.07) is 2.03. The van der Waals surface area contributed by atoms with Crippen LogP contribution in [0.4, 0.5) is 0 Å². The second kappa shape index (κ2) is 9.20.